The number of rotatable bonds is 4. The first-order valence-corrected chi connectivity index (χ1v) is 28.2. The maximum Gasteiger partial charge on any atom is 0.494 e. The van der Waals surface area contributed by atoms with Crippen LogP contribution in [0.4, 0.5) is 0 Å². The number of benzene rings is 10. The van der Waals surface area contributed by atoms with Gasteiger partial charge in [-0.15, -0.1) is 0 Å². The maximum absolute atomic E-state index is 6.27. The third kappa shape index (κ3) is 8.40. The average molecular weight is 1130 g/mol. The van der Waals surface area contributed by atoms with Gasteiger partial charge in [0.05, 0.1) is 55.3 Å². The second-order valence-corrected chi connectivity index (χ2v) is 22.7. The van der Waals surface area contributed by atoms with Gasteiger partial charge in [0.1, 0.15) is 22.2 Å². The van der Waals surface area contributed by atoms with Gasteiger partial charge in [0.2, 0.25) is 11.4 Å². The minimum atomic E-state index is -0.353. The summed E-state index contributed by atoms with van der Waals surface area (Å²) in [6.45, 7) is 8.36. The highest BCUT2D eigenvalue weighted by Gasteiger charge is 2.51. The average Bonchev–Trinajstić information content (AvgIpc) is 4.19. The zero-order valence-corrected chi connectivity index (χ0v) is 46.8. The molecule has 0 aliphatic carbocycles. The van der Waals surface area contributed by atoms with Crippen LogP contribution in [-0.2, 0) is 9.31 Å². The van der Waals surface area contributed by atoms with Crippen LogP contribution in [0.1, 0.15) is 27.7 Å². The summed E-state index contributed by atoms with van der Waals surface area (Å²) in [6, 6.07) is 79.3. The summed E-state index contributed by atoms with van der Waals surface area (Å²) in [5.74, 6) is 0. The summed E-state index contributed by atoms with van der Waals surface area (Å²) in [5, 5.41) is 6.89. The van der Waals surface area contributed by atoms with Gasteiger partial charge >= 0.3 is 7.12 Å². The highest BCUT2D eigenvalue weighted by Crippen LogP contribution is 2.40. The molecule has 1 aliphatic heterocycles. The molecular formula is C70H50BBrN6O4. The Hall–Kier alpha value is -9.46. The summed E-state index contributed by atoms with van der Waals surface area (Å²) in [7, 11) is -0.353. The zero-order chi connectivity index (χ0) is 55.3. The standard InChI is InChI=1S/C32H19N3O.C24H24BNO2.C14H7BrN2O/c1-2-8-22(9-3-1)35-28-13-7-4-10-23(28)24-18-20(14-16-29(24)35)21-15-17-30-25(19-21)31-32(36-30)34-27-12-6-5-11-26(27)33-31;1-23(2)24(3,4)28-25(27-23)17-14-15-22-20(16-17)19-12-8-9-13-21(19)26(22)18-10-6-5-7-11-18;15-8-5-6-12-9(7-8)13-14(18-12)17-11-4-2-1-3-10(11)16-13/h1-19H;5-16H,1-4H3;1-7H. The molecule has 0 spiro atoms. The van der Waals surface area contributed by atoms with E-state index in [0.29, 0.717) is 11.4 Å². The number of nitrogens with zero attached hydrogens (tertiary/aromatic N) is 6. The normalized spacial score (nSPS) is 14.0. The van der Waals surface area contributed by atoms with Crippen LogP contribution >= 0.6 is 15.9 Å². The molecule has 12 heteroatoms. The molecule has 17 rings (SSSR count). The Morgan fingerprint density at radius 3 is 1.30 bits per heavy atom. The van der Waals surface area contributed by atoms with Crippen molar-refractivity contribution < 1.29 is 18.1 Å². The lowest BCUT2D eigenvalue weighted by atomic mass is 9.78. The quantitative estimate of drug-likeness (QED) is 0.160. The fraction of sp³-hybridized carbons (Fsp3) is 0.0857. The van der Waals surface area contributed by atoms with E-state index < -0.39 is 0 Å². The Kier molecular flexibility index (Phi) is 11.7. The number of aromatic nitrogens is 6. The molecule has 0 radical (unpaired) electrons. The summed E-state index contributed by atoms with van der Waals surface area (Å²) >= 11 is 3.46. The second kappa shape index (κ2) is 19.4. The summed E-state index contributed by atoms with van der Waals surface area (Å²) < 4.78 is 30.0. The van der Waals surface area contributed by atoms with Crippen LogP contribution in [0.5, 0.6) is 0 Å². The van der Waals surface area contributed by atoms with E-state index in [1.165, 1.54) is 43.6 Å². The van der Waals surface area contributed by atoms with Crippen molar-refractivity contribution in [2.45, 2.75) is 38.9 Å². The second-order valence-electron chi connectivity index (χ2n) is 21.8. The molecule has 0 atom stereocenters. The van der Waals surface area contributed by atoms with Gasteiger partial charge < -0.3 is 27.3 Å². The molecule has 1 aliphatic rings. The first-order valence-electron chi connectivity index (χ1n) is 27.4. The molecule has 0 amide bonds. The Morgan fingerprint density at radius 2 is 0.768 bits per heavy atom. The lowest BCUT2D eigenvalue weighted by Gasteiger charge is -2.32. The van der Waals surface area contributed by atoms with E-state index >= 15 is 0 Å². The van der Waals surface area contributed by atoms with Crippen molar-refractivity contribution in [2.24, 2.45) is 0 Å². The number of fused-ring (bicyclic) bond motifs is 14. The Balaban J connectivity index is 0.000000111. The highest BCUT2D eigenvalue weighted by atomic mass is 79.9. The molecule has 16 aromatic rings. The number of hydrogen-bond acceptors (Lipinski definition) is 8. The van der Waals surface area contributed by atoms with E-state index in [4.69, 9.17) is 28.1 Å². The first-order chi connectivity index (χ1) is 40.0. The fourth-order valence-electron chi connectivity index (χ4n) is 11.4. The van der Waals surface area contributed by atoms with Gasteiger partial charge in [-0.2, -0.15) is 0 Å². The molecular weight excluding hydrogens is 1080 g/mol. The summed E-state index contributed by atoms with van der Waals surface area (Å²) in [4.78, 5) is 18.7. The van der Waals surface area contributed by atoms with Crippen molar-refractivity contribution in [1.82, 2.24) is 29.1 Å². The van der Waals surface area contributed by atoms with E-state index in [2.05, 4.69) is 214 Å². The number of para-hydroxylation sites is 8. The van der Waals surface area contributed by atoms with Gasteiger partial charge in [0, 0.05) is 48.2 Å². The van der Waals surface area contributed by atoms with Gasteiger partial charge in [0.25, 0.3) is 0 Å². The fourth-order valence-corrected chi connectivity index (χ4v) is 11.8. The molecule has 0 unspecified atom stereocenters. The first kappa shape index (κ1) is 49.6. The van der Waals surface area contributed by atoms with Gasteiger partial charge in [0.15, 0.2) is 0 Å². The van der Waals surface area contributed by atoms with E-state index in [9.17, 15) is 0 Å². The molecule has 1 fully saturated rings. The smallest absolute Gasteiger partial charge is 0.436 e. The summed E-state index contributed by atoms with van der Waals surface area (Å²) in [5.41, 5.74) is 17.6. The van der Waals surface area contributed by atoms with E-state index in [-0.39, 0.29) is 18.3 Å². The highest BCUT2D eigenvalue weighted by molar-refractivity contribution is 9.10. The topological polar surface area (TPSA) is 106 Å². The third-order valence-corrected chi connectivity index (χ3v) is 16.7. The molecule has 394 valence electrons. The van der Waals surface area contributed by atoms with Gasteiger partial charge in [-0.1, -0.05) is 137 Å². The van der Waals surface area contributed by atoms with E-state index in [0.717, 1.165) is 87.5 Å². The number of hydrogen-bond donors (Lipinski definition) is 0. The third-order valence-electron chi connectivity index (χ3n) is 16.2. The molecule has 10 nitrogen and oxygen atoms in total. The Bertz CT molecular complexity index is 5150. The predicted octanol–water partition coefficient (Wildman–Crippen LogP) is 17.7. The molecule has 82 heavy (non-hydrogen) atoms. The van der Waals surface area contributed by atoms with Crippen molar-refractivity contribution in [3.8, 4) is 22.5 Å². The molecule has 7 heterocycles. The van der Waals surface area contributed by atoms with Gasteiger partial charge in [-0.05, 0) is 153 Å². The summed E-state index contributed by atoms with van der Waals surface area (Å²) in [6.07, 6.45) is 0. The molecule has 6 aromatic heterocycles. The molecule has 0 saturated carbocycles. The zero-order valence-electron chi connectivity index (χ0n) is 45.2. The monoisotopic (exact) mass is 1130 g/mol. The van der Waals surface area contributed by atoms with Crippen molar-refractivity contribution in [3.63, 3.8) is 0 Å². The van der Waals surface area contributed by atoms with Crippen molar-refractivity contribution in [1.29, 1.82) is 0 Å². The Labute approximate surface area is 479 Å². The number of halogens is 1. The minimum Gasteiger partial charge on any atom is -0.436 e. The van der Waals surface area contributed by atoms with E-state index in [1.807, 2.05) is 78.9 Å². The SMILES string of the molecule is Brc1ccc2oc3nc4ccccc4nc3c2c1.CC1(C)OB(c2ccc3c(c2)c2ccccc2n3-c2ccccc2)OC1(C)C.c1ccc(-n2c3ccccc3c3cc(-c4ccc5oc6nc7ccccc7nc6c5c4)ccc32)cc1. The van der Waals surface area contributed by atoms with Crippen LogP contribution in [0.15, 0.2) is 244 Å². The molecule has 1 saturated heterocycles. The molecule has 0 bridgehead atoms. The molecule has 0 N–H and O–H groups in total. The lowest BCUT2D eigenvalue weighted by Crippen LogP contribution is -2.41. The van der Waals surface area contributed by atoms with Gasteiger partial charge in [-0.3, -0.25) is 0 Å². The molecule has 10 aromatic carbocycles. The van der Waals surface area contributed by atoms with Crippen molar-refractivity contribution in [3.05, 3.63) is 235 Å². The van der Waals surface area contributed by atoms with E-state index in [1.54, 1.807) is 0 Å². The predicted molar refractivity (Wildman–Crippen MR) is 338 cm³/mol. The van der Waals surface area contributed by atoms with Crippen LogP contribution in [-0.4, -0.2) is 47.4 Å². The lowest BCUT2D eigenvalue weighted by molar-refractivity contribution is 0.00578. The van der Waals surface area contributed by atoms with Crippen LogP contribution in [0.25, 0.3) is 133 Å². The minimum absolute atomic E-state index is 0.343. The van der Waals surface area contributed by atoms with Crippen LogP contribution in [0.3, 0.4) is 0 Å². The van der Waals surface area contributed by atoms with Crippen LogP contribution in [0, 0.1) is 0 Å². The van der Waals surface area contributed by atoms with Crippen LogP contribution in [0.2, 0.25) is 0 Å². The van der Waals surface area contributed by atoms with Gasteiger partial charge in [-0.25, -0.2) is 19.9 Å². The van der Waals surface area contributed by atoms with Crippen molar-refractivity contribution in [2.75, 3.05) is 0 Å². The number of furan rings is 2. The maximum atomic E-state index is 6.27. The largest absolute Gasteiger partial charge is 0.494 e. The van der Waals surface area contributed by atoms with Crippen molar-refractivity contribution >= 4 is 139 Å². The Morgan fingerprint density at radius 1 is 0.366 bits per heavy atom. The van der Waals surface area contributed by atoms with Crippen LogP contribution < -0.4 is 5.46 Å².